The Morgan fingerprint density at radius 2 is 2.08 bits per heavy atom. The Balaban J connectivity index is 1.69. The molecule has 1 aliphatic heterocycles. The zero-order valence-corrected chi connectivity index (χ0v) is 17.2. The van der Waals surface area contributed by atoms with Crippen molar-refractivity contribution in [1.29, 1.82) is 0 Å². The van der Waals surface area contributed by atoms with Gasteiger partial charge in [0, 0.05) is 34.9 Å². The first kappa shape index (κ1) is 17.6. The average molecular weight is 436 g/mol. The van der Waals surface area contributed by atoms with Gasteiger partial charge in [-0.3, -0.25) is 4.68 Å². The van der Waals surface area contributed by atoms with Gasteiger partial charge < -0.3 is 4.90 Å². The second-order valence-corrected chi connectivity index (χ2v) is 8.45. The van der Waals surface area contributed by atoms with Crippen LogP contribution in [0.1, 0.15) is 35.8 Å². The molecule has 0 amide bonds. The van der Waals surface area contributed by atoms with Crippen LogP contribution >= 0.6 is 27.3 Å². The molecule has 8 heteroatoms. The molecule has 0 bridgehead atoms. The van der Waals surface area contributed by atoms with Crippen molar-refractivity contribution in [3.8, 4) is 10.6 Å². The molecule has 4 rings (SSSR count). The second kappa shape index (κ2) is 6.74. The van der Waals surface area contributed by atoms with Crippen LogP contribution in [-0.2, 0) is 7.05 Å². The van der Waals surface area contributed by atoms with Crippen molar-refractivity contribution in [2.75, 3.05) is 11.4 Å². The summed E-state index contributed by atoms with van der Waals surface area (Å²) in [5.74, 6) is -0.284. The van der Waals surface area contributed by atoms with Gasteiger partial charge in [-0.15, -0.1) is 10.2 Å². The topological polar surface area (TPSA) is 46.8 Å². The first-order chi connectivity index (χ1) is 12.5. The summed E-state index contributed by atoms with van der Waals surface area (Å²) in [6.07, 6.45) is 2.16. The van der Waals surface area contributed by atoms with Gasteiger partial charge in [-0.2, -0.15) is 5.10 Å². The highest BCUT2D eigenvalue weighted by Gasteiger charge is 2.32. The summed E-state index contributed by atoms with van der Waals surface area (Å²) < 4.78 is 16.9. The highest BCUT2D eigenvalue weighted by molar-refractivity contribution is 9.10. The Kier molecular flexibility index (Phi) is 4.56. The minimum atomic E-state index is -0.284. The fourth-order valence-electron chi connectivity index (χ4n) is 3.67. The molecular weight excluding hydrogens is 417 g/mol. The lowest BCUT2D eigenvalue weighted by molar-refractivity contribution is 0.630. The first-order valence-corrected chi connectivity index (χ1v) is 10.1. The zero-order chi connectivity index (χ0) is 18.4. The molecule has 1 aliphatic rings. The van der Waals surface area contributed by atoms with Crippen LogP contribution in [0.25, 0.3) is 10.6 Å². The lowest BCUT2D eigenvalue weighted by Crippen LogP contribution is -2.23. The van der Waals surface area contributed by atoms with Crippen LogP contribution in [0.4, 0.5) is 9.52 Å². The lowest BCUT2D eigenvalue weighted by atomic mass is 10.0. The van der Waals surface area contributed by atoms with Gasteiger partial charge in [0.1, 0.15) is 5.82 Å². The van der Waals surface area contributed by atoms with E-state index in [-0.39, 0.29) is 11.9 Å². The quantitative estimate of drug-likeness (QED) is 0.592. The molecule has 3 heterocycles. The van der Waals surface area contributed by atoms with E-state index in [0.717, 1.165) is 34.7 Å². The van der Waals surface area contributed by atoms with Crippen molar-refractivity contribution in [3.63, 3.8) is 0 Å². The van der Waals surface area contributed by atoms with E-state index in [2.05, 4.69) is 50.0 Å². The molecular formula is C18H19BrFN5S. The van der Waals surface area contributed by atoms with Crippen molar-refractivity contribution < 1.29 is 4.39 Å². The van der Waals surface area contributed by atoms with Crippen molar-refractivity contribution in [1.82, 2.24) is 20.0 Å². The summed E-state index contributed by atoms with van der Waals surface area (Å²) in [6.45, 7) is 5.09. The molecule has 0 saturated carbocycles. The van der Waals surface area contributed by atoms with Crippen LogP contribution in [0.15, 0.2) is 22.7 Å². The van der Waals surface area contributed by atoms with Crippen LogP contribution in [-0.4, -0.2) is 26.5 Å². The molecule has 1 fully saturated rings. The summed E-state index contributed by atoms with van der Waals surface area (Å²) in [7, 11) is 1.98. The summed E-state index contributed by atoms with van der Waals surface area (Å²) >= 11 is 4.83. The third-order valence-corrected chi connectivity index (χ3v) is 6.46. The maximum Gasteiger partial charge on any atom is 0.209 e. The van der Waals surface area contributed by atoms with E-state index in [4.69, 9.17) is 0 Å². The molecule has 0 aliphatic carbocycles. The monoisotopic (exact) mass is 435 g/mol. The molecule has 0 N–H and O–H groups in total. The highest BCUT2D eigenvalue weighted by atomic mass is 79.9. The van der Waals surface area contributed by atoms with E-state index in [0.29, 0.717) is 10.6 Å². The standard InChI is InChI=1S/C18H19BrFN5S/c1-10-16(11(2)24(3)23-10)15-5-4-8-25(15)18-22-21-17(26-18)13-9-12(19)6-7-14(13)20/h6-7,9,15H,4-5,8H2,1-3H3. The Morgan fingerprint density at radius 3 is 2.81 bits per heavy atom. The molecule has 2 aromatic heterocycles. The minimum Gasteiger partial charge on any atom is -0.339 e. The number of hydrogen-bond acceptors (Lipinski definition) is 5. The molecule has 1 unspecified atom stereocenters. The van der Waals surface area contributed by atoms with Gasteiger partial charge in [0.25, 0.3) is 0 Å². The maximum atomic E-state index is 14.2. The Labute approximate surface area is 164 Å². The summed E-state index contributed by atoms with van der Waals surface area (Å²) in [5.41, 5.74) is 4.00. The van der Waals surface area contributed by atoms with Gasteiger partial charge >= 0.3 is 0 Å². The number of anilines is 1. The number of nitrogens with zero attached hydrogens (tertiary/aromatic N) is 5. The van der Waals surface area contributed by atoms with E-state index in [1.807, 2.05) is 11.7 Å². The van der Waals surface area contributed by atoms with Gasteiger partial charge in [-0.1, -0.05) is 27.3 Å². The second-order valence-electron chi connectivity index (χ2n) is 6.57. The average Bonchev–Trinajstić information content (AvgIpc) is 3.30. The fourth-order valence-corrected chi connectivity index (χ4v) is 4.97. The molecule has 5 nitrogen and oxygen atoms in total. The van der Waals surface area contributed by atoms with Crippen LogP contribution in [0.5, 0.6) is 0 Å². The highest BCUT2D eigenvalue weighted by Crippen LogP contribution is 2.41. The molecule has 136 valence electrons. The molecule has 0 spiro atoms. The Morgan fingerprint density at radius 1 is 1.27 bits per heavy atom. The number of aryl methyl sites for hydroxylation is 2. The molecule has 0 radical (unpaired) electrons. The van der Waals surface area contributed by atoms with Crippen LogP contribution in [0, 0.1) is 19.7 Å². The Bertz CT molecular complexity index is 967. The predicted octanol–water partition coefficient (Wildman–Crippen LogP) is 4.80. The summed E-state index contributed by atoms with van der Waals surface area (Å²) in [5, 5.41) is 14.6. The number of hydrogen-bond donors (Lipinski definition) is 0. The number of aromatic nitrogens is 4. The van der Waals surface area contributed by atoms with Gasteiger partial charge in [-0.25, -0.2) is 4.39 Å². The molecule has 1 saturated heterocycles. The number of rotatable bonds is 3. The van der Waals surface area contributed by atoms with Crippen molar-refractivity contribution in [2.24, 2.45) is 7.05 Å². The van der Waals surface area contributed by atoms with Gasteiger partial charge in [0.15, 0.2) is 5.01 Å². The lowest BCUT2D eigenvalue weighted by Gasteiger charge is -2.24. The fraction of sp³-hybridized carbons (Fsp3) is 0.389. The van der Waals surface area contributed by atoms with E-state index < -0.39 is 0 Å². The number of halogens is 2. The van der Waals surface area contributed by atoms with Crippen LogP contribution < -0.4 is 4.90 Å². The summed E-state index contributed by atoms with van der Waals surface area (Å²) in [4.78, 5) is 2.29. The summed E-state index contributed by atoms with van der Waals surface area (Å²) in [6, 6.07) is 5.13. The van der Waals surface area contributed by atoms with E-state index in [1.54, 1.807) is 12.1 Å². The molecule has 3 aromatic rings. The Hall–Kier alpha value is -1.80. The normalized spacial score (nSPS) is 17.3. The van der Waals surface area contributed by atoms with Crippen molar-refractivity contribution in [2.45, 2.75) is 32.7 Å². The van der Waals surface area contributed by atoms with E-state index >= 15 is 0 Å². The predicted molar refractivity (Wildman–Crippen MR) is 105 cm³/mol. The van der Waals surface area contributed by atoms with Crippen LogP contribution in [0.3, 0.4) is 0 Å². The van der Waals surface area contributed by atoms with E-state index in [9.17, 15) is 4.39 Å². The third-order valence-electron chi connectivity index (χ3n) is 4.97. The minimum absolute atomic E-state index is 0.247. The smallest absolute Gasteiger partial charge is 0.209 e. The zero-order valence-electron chi connectivity index (χ0n) is 14.8. The molecule has 1 atom stereocenters. The first-order valence-electron chi connectivity index (χ1n) is 8.51. The van der Waals surface area contributed by atoms with Crippen molar-refractivity contribution >= 4 is 32.4 Å². The third kappa shape index (κ3) is 2.95. The maximum absolute atomic E-state index is 14.2. The van der Waals surface area contributed by atoms with Gasteiger partial charge in [0.2, 0.25) is 5.13 Å². The van der Waals surface area contributed by atoms with Crippen molar-refractivity contribution in [3.05, 3.63) is 45.4 Å². The van der Waals surface area contributed by atoms with Crippen LogP contribution in [0.2, 0.25) is 0 Å². The molecule has 1 aromatic carbocycles. The number of benzene rings is 1. The largest absolute Gasteiger partial charge is 0.339 e. The van der Waals surface area contributed by atoms with Gasteiger partial charge in [-0.05, 0) is 44.9 Å². The SMILES string of the molecule is Cc1nn(C)c(C)c1C1CCCN1c1nnc(-c2cc(Br)ccc2F)s1. The van der Waals surface area contributed by atoms with E-state index in [1.165, 1.54) is 28.7 Å². The molecule has 26 heavy (non-hydrogen) atoms. The van der Waals surface area contributed by atoms with Gasteiger partial charge in [0.05, 0.1) is 11.7 Å².